The molecule has 10 nitrogen and oxygen atoms in total. The van der Waals surface area contributed by atoms with Crippen LogP contribution in [-0.2, 0) is 20.0 Å². The maximum absolute atomic E-state index is 13.1. The maximum Gasteiger partial charge on any atom is 0.262 e. The summed E-state index contributed by atoms with van der Waals surface area (Å²) in [5.41, 5.74) is 3.20. The van der Waals surface area contributed by atoms with Crippen molar-refractivity contribution in [3.63, 3.8) is 0 Å². The van der Waals surface area contributed by atoms with Crippen molar-refractivity contribution in [2.24, 2.45) is 0 Å². The van der Waals surface area contributed by atoms with Gasteiger partial charge in [-0.05, 0) is 98.5 Å². The van der Waals surface area contributed by atoms with Crippen molar-refractivity contribution < 1.29 is 16.8 Å². The zero-order chi connectivity index (χ0) is 39.5. The molecule has 0 radical (unpaired) electrons. The molecule has 0 aliphatic carbocycles. The Morgan fingerprint density at radius 1 is 0.482 bits per heavy atom. The molecule has 56 heavy (non-hydrogen) atoms. The van der Waals surface area contributed by atoms with E-state index in [1.165, 1.54) is 0 Å². The summed E-state index contributed by atoms with van der Waals surface area (Å²) in [5.74, 6) is 0. The summed E-state index contributed by atoms with van der Waals surface area (Å²) in [6.07, 6.45) is 0. The van der Waals surface area contributed by atoms with Gasteiger partial charge in [-0.2, -0.15) is 0 Å². The number of anilines is 4. The first kappa shape index (κ1) is 39.1. The number of piperazine rings is 2. The van der Waals surface area contributed by atoms with Gasteiger partial charge in [0.25, 0.3) is 20.0 Å². The van der Waals surface area contributed by atoms with Gasteiger partial charge in [-0.3, -0.25) is 9.44 Å². The molecule has 8 rings (SSSR count). The van der Waals surface area contributed by atoms with E-state index in [9.17, 15) is 16.8 Å². The molecule has 292 valence electrons. The van der Waals surface area contributed by atoms with E-state index in [0.29, 0.717) is 40.4 Å². The van der Waals surface area contributed by atoms with Crippen LogP contribution < -0.4 is 29.9 Å². The molecular formula is C44H50N6O4S2. The predicted molar refractivity (Wildman–Crippen MR) is 231 cm³/mol. The molecule has 12 heteroatoms. The molecule has 2 saturated heterocycles. The lowest BCUT2D eigenvalue weighted by Gasteiger charge is -2.37. The van der Waals surface area contributed by atoms with E-state index in [2.05, 4.69) is 57.6 Å². The first-order chi connectivity index (χ1) is 26.8. The number of benzene rings is 6. The van der Waals surface area contributed by atoms with Crippen LogP contribution in [0.4, 0.5) is 22.7 Å². The van der Waals surface area contributed by atoms with Crippen LogP contribution in [-0.4, -0.2) is 67.2 Å². The average molecular weight is 791 g/mol. The first-order valence-electron chi connectivity index (χ1n) is 19.1. The quantitative estimate of drug-likeness (QED) is 0.124. The standard InChI is InChI=1S/2C22H25N3O2S/c1-16-14-25(15-17(2)23-16)20-10-6-9-19(13-20)24-28(26,27)22-12-5-8-18-7-3-4-11-21(18)22;1-16-14-25(15-17(2)23-16)21-9-5-8-20(13-21)24-28(26,27)22-11-10-18-6-3-4-7-19(18)12-22/h2*3-13,16-17,23-24H,14-15H2,1-2H3/t2*16-,17+. The number of nitrogens with one attached hydrogen (secondary N) is 4. The van der Waals surface area contributed by atoms with E-state index < -0.39 is 20.0 Å². The van der Waals surface area contributed by atoms with Crippen LogP contribution in [0, 0.1) is 0 Å². The van der Waals surface area contributed by atoms with Gasteiger partial charge in [0.05, 0.1) is 21.2 Å². The Hall–Kier alpha value is -5.14. The van der Waals surface area contributed by atoms with Crippen LogP contribution in [0.3, 0.4) is 0 Å². The van der Waals surface area contributed by atoms with Gasteiger partial charge in [0.15, 0.2) is 0 Å². The normalized spacial score (nSPS) is 20.3. The molecular weight excluding hydrogens is 741 g/mol. The molecule has 2 fully saturated rings. The summed E-state index contributed by atoms with van der Waals surface area (Å²) in [6, 6.07) is 42.6. The minimum absolute atomic E-state index is 0.265. The maximum atomic E-state index is 13.1. The van der Waals surface area contributed by atoms with Gasteiger partial charge in [-0.25, -0.2) is 16.8 Å². The topological polar surface area (TPSA) is 123 Å². The number of rotatable bonds is 8. The fraction of sp³-hybridized carbons (Fsp3) is 0.273. The minimum Gasteiger partial charge on any atom is -0.368 e. The van der Waals surface area contributed by atoms with E-state index >= 15 is 0 Å². The molecule has 2 aliphatic heterocycles. The Labute approximate surface area is 331 Å². The third-order valence-electron chi connectivity index (χ3n) is 10.1. The number of nitrogens with zero attached hydrogens (tertiary/aromatic N) is 2. The van der Waals surface area contributed by atoms with Crippen molar-refractivity contribution in [1.82, 2.24) is 10.6 Å². The van der Waals surface area contributed by atoms with Gasteiger partial charge >= 0.3 is 0 Å². The van der Waals surface area contributed by atoms with Crippen molar-refractivity contribution in [1.29, 1.82) is 0 Å². The van der Waals surface area contributed by atoms with E-state index in [-0.39, 0.29) is 4.90 Å². The Balaban J connectivity index is 0.000000172. The smallest absolute Gasteiger partial charge is 0.262 e. The zero-order valence-corrected chi connectivity index (χ0v) is 33.8. The van der Waals surface area contributed by atoms with Gasteiger partial charge in [0.2, 0.25) is 0 Å². The second-order valence-electron chi connectivity index (χ2n) is 15.0. The van der Waals surface area contributed by atoms with Crippen LogP contribution in [0.2, 0.25) is 0 Å². The molecule has 0 saturated carbocycles. The minimum atomic E-state index is -3.69. The van der Waals surface area contributed by atoms with Crippen LogP contribution in [0.5, 0.6) is 0 Å². The second kappa shape index (κ2) is 16.5. The summed E-state index contributed by atoms with van der Waals surface area (Å²) in [7, 11) is -7.34. The Morgan fingerprint density at radius 3 is 1.52 bits per heavy atom. The average Bonchev–Trinajstić information content (AvgIpc) is 3.17. The van der Waals surface area contributed by atoms with E-state index in [1.54, 1.807) is 36.4 Å². The second-order valence-corrected chi connectivity index (χ2v) is 18.4. The fourth-order valence-corrected chi connectivity index (χ4v) is 10.2. The summed E-state index contributed by atoms with van der Waals surface area (Å²) in [6.45, 7) is 12.2. The lowest BCUT2D eigenvalue weighted by molar-refractivity contribution is 0.407. The van der Waals surface area contributed by atoms with Crippen molar-refractivity contribution in [3.8, 4) is 0 Å². The third-order valence-corrected chi connectivity index (χ3v) is 12.9. The lowest BCUT2D eigenvalue weighted by atomic mass is 10.1. The molecule has 0 amide bonds. The largest absolute Gasteiger partial charge is 0.368 e. The van der Waals surface area contributed by atoms with Gasteiger partial charge in [0, 0.05) is 67.1 Å². The Morgan fingerprint density at radius 2 is 0.946 bits per heavy atom. The summed E-state index contributed by atoms with van der Waals surface area (Å²) >= 11 is 0. The molecule has 2 aliphatic rings. The molecule has 0 spiro atoms. The number of hydrogen-bond acceptors (Lipinski definition) is 8. The monoisotopic (exact) mass is 790 g/mol. The fourth-order valence-electron chi connectivity index (χ4n) is 7.80. The predicted octanol–water partition coefficient (Wildman–Crippen LogP) is 7.65. The van der Waals surface area contributed by atoms with E-state index in [0.717, 1.165) is 59.1 Å². The van der Waals surface area contributed by atoms with Crippen LogP contribution >= 0.6 is 0 Å². The zero-order valence-electron chi connectivity index (χ0n) is 32.2. The highest BCUT2D eigenvalue weighted by atomic mass is 32.2. The molecule has 2 heterocycles. The van der Waals surface area contributed by atoms with Crippen molar-refractivity contribution in [2.75, 3.05) is 45.4 Å². The molecule has 6 aromatic carbocycles. The number of sulfonamides is 2. The highest BCUT2D eigenvalue weighted by Crippen LogP contribution is 2.28. The van der Waals surface area contributed by atoms with Gasteiger partial charge in [-0.1, -0.05) is 78.9 Å². The van der Waals surface area contributed by atoms with Gasteiger partial charge in [0.1, 0.15) is 0 Å². The SMILES string of the molecule is C[C@@H]1CN(c2cccc(NS(=O)(=O)c3ccc4ccccc4c3)c2)C[C@H](C)N1.C[C@@H]1CN(c2cccc(NS(=O)(=O)c3cccc4ccccc34)c2)C[C@H](C)N1. The van der Waals surface area contributed by atoms with Crippen molar-refractivity contribution in [3.05, 3.63) is 133 Å². The number of fused-ring (bicyclic) bond motifs is 2. The van der Waals surface area contributed by atoms with Gasteiger partial charge < -0.3 is 20.4 Å². The molecule has 4 N–H and O–H groups in total. The van der Waals surface area contributed by atoms with Crippen LogP contribution in [0.25, 0.3) is 21.5 Å². The summed E-state index contributed by atoms with van der Waals surface area (Å²) in [4.78, 5) is 5.14. The molecule has 4 atom stereocenters. The summed E-state index contributed by atoms with van der Waals surface area (Å²) < 4.78 is 57.4. The molecule has 0 bridgehead atoms. The lowest BCUT2D eigenvalue weighted by Crippen LogP contribution is -2.54. The van der Waals surface area contributed by atoms with Crippen LogP contribution in [0.15, 0.2) is 143 Å². The highest BCUT2D eigenvalue weighted by molar-refractivity contribution is 7.93. The first-order valence-corrected chi connectivity index (χ1v) is 22.0. The highest BCUT2D eigenvalue weighted by Gasteiger charge is 2.24. The number of hydrogen-bond donors (Lipinski definition) is 4. The van der Waals surface area contributed by atoms with Crippen molar-refractivity contribution >= 4 is 64.3 Å². The van der Waals surface area contributed by atoms with Crippen LogP contribution in [0.1, 0.15) is 27.7 Å². The molecule has 0 unspecified atom stereocenters. The summed E-state index contributed by atoms with van der Waals surface area (Å²) in [5, 5.41) is 10.6. The molecule has 6 aromatic rings. The van der Waals surface area contributed by atoms with Crippen molar-refractivity contribution in [2.45, 2.75) is 61.7 Å². The van der Waals surface area contributed by atoms with Gasteiger partial charge in [-0.15, -0.1) is 0 Å². The molecule has 0 aromatic heterocycles. The Bertz CT molecular complexity index is 2520. The van der Waals surface area contributed by atoms with E-state index in [4.69, 9.17) is 0 Å². The van der Waals surface area contributed by atoms with E-state index in [1.807, 2.05) is 97.1 Å². The Kier molecular flexibility index (Phi) is 11.5. The third kappa shape index (κ3) is 9.27.